The van der Waals surface area contributed by atoms with Gasteiger partial charge in [-0.05, 0) is 25.3 Å². The lowest BCUT2D eigenvalue weighted by atomic mass is 10.2. The van der Waals surface area contributed by atoms with Crippen LogP contribution in [-0.4, -0.2) is 15.0 Å². The summed E-state index contributed by atoms with van der Waals surface area (Å²) in [6, 6.07) is 1.71. The average Bonchev–Trinajstić information content (AvgIpc) is 2.87. The molecule has 0 saturated heterocycles. The smallest absolute Gasteiger partial charge is 0.254 e. The van der Waals surface area contributed by atoms with E-state index in [4.69, 9.17) is 11.5 Å². The van der Waals surface area contributed by atoms with Crippen molar-refractivity contribution in [1.29, 1.82) is 0 Å². The van der Waals surface area contributed by atoms with E-state index in [1.54, 1.807) is 12.3 Å². The van der Waals surface area contributed by atoms with Gasteiger partial charge in [-0.3, -0.25) is 4.79 Å². The van der Waals surface area contributed by atoms with Crippen LogP contribution in [-0.2, 0) is 18.6 Å². The van der Waals surface area contributed by atoms with E-state index in [0.29, 0.717) is 22.4 Å². The van der Waals surface area contributed by atoms with E-state index in [2.05, 4.69) is 15.0 Å². The molecule has 0 bridgehead atoms. The average molecular weight is 289 g/mol. The molecule has 20 heavy (non-hydrogen) atoms. The molecule has 0 aromatic carbocycles. The summed E-state index contributed by atoms with van der Waals surface area (Å²) < 4.78 is 0. The zero-order chi connectivity index (χ0) is 14.1. The van der Waals surface area contributed by atoms with Crippen molar-refractivity contribution < 1.29 is 0 Å². The highest BCUT2D eigenvalue weighted by atomic mass is 32.2. The Labute approximate surface area is 120 Å². The summed E-state index contributed by atoms with van der Waals surface area (Å²) in [5, 5.41) is 0.610. The zero-order valence-electron chi connectivity index (χ0n) is 10.8. The van der Waals surface area contributed by atoms with Crippen molar-refractivity contribution in [2.24, 2.45) is 0 Å². The van der Waals surface area contributed by atoms with Crippen LogP contribution < -0.4 is 17.0 Å². The van der Waals surface area contributed by atoms with Gasteiger partial charge in [0.15, 0.2) is 5.16 Å². The second-order valence-corrected chi connectivity index (χ2v) is 5.67. The molecule has 2 heterocycles. The molecule has 1 aliphatic carbocycles. The Hall–Kier alpha value is -2.02. The van der Waals surface area contributed by atoms with Gasteiger partial charge < -0.3 is 16.5 Å². The van der Waals surface area contributed by atoms with E-state index in [1.807, 2.05) is 0 Å². The van der Waals surface area contributed by atoms with Crippen molar-refractivity contribution in [1.82, 2.24) is 15.0 Å². The second-order valence-electron chi connectivity index (χ2n) is 4.70. The standard InChI is InChI=1S/C13H15N5OS/c14-9-4-5-16-11(15)8(9)6-20-13-17-10-3-1-2-7(10)12(19)18-13/h4-5H,1-3,6H2,(H4,14,15,16)(H,17,18,19). The molecule has 0 unspecified atom stereocenters. The van der Waals surface area contributed by atoms with Crippen molar-refractivity contribution >= 4 is 23.3 Å². The molecule has 0 amide bonds. The Bertz CT molecular complexity index is 692. The number of nitrogen functional groups attached to an aromatic ring is 2. The minimum absolute atomic E-state index is 0.0258. The lowest BCUT2D eigenvalue weighted by Crippen LogP contribution is -2.15. The van der Waals surface area contributed by atoms with Crippen LogP contribution in [0.2, 0.25) is 0 Å². The monoisotopic (exact) mass is 289 g/mol. The molecule has 7 heteroatoms. The molecule has 0 spiro atoms. The molecule has 0 radical (unpaired) electrons. The Kier molecular flexibility index (Phi) is 3.35. The van der Waals surface area contributed by atoms with E-state index in [9.17, 15) is 4.79 Å². The van der Waals surface area contributed by atoms with Gasteiger partial charge in [-0.1, -0.05) is 11.8 Å². The lowest BCUT2D eigenvalue weighted by Gasteiger charge is -2.08. The molecule has 2 aromatic rings. The Morgan fingerprint density at radius 2 is 2.20 bits per heavy atom. The van der Waals surface area contributed by atoms with Crippen LogP contribution in [0.1, 0.15) is 23.2 Å². The van der Waals surface area contributed by atoms with Crippen molar-refractivity contribution in [2.45, 2.75) is 30.2 Å². The van der Waals surface area contributed by atoms with Crippen molar-refractivity contribution in [3.05, 3.63) is 39.4 Å². The van der Waals surface area contributed by atoms with Crippen LogP contribution in [0.25, 0.3) is 0 Å². The van der Waals surface area contributed by atoms with Crippen molar-refractivity contribution in [3.8, 4) is 0 Å². The zero-order valence-corrected chi connectivity index (χ0v) is 11.7. The number of aromatic amines is 1. The molecular formula is C13H15N5OS. The molecule has 104 valence electrons. The fourth-order valence-electron chi connectivity index (χ4n) is 2.31. The van der Waals surface area contributed by atoms with Gasteiger partial charge in [0.1, 0.15) is 5.82 Å². The van der Waals surface area contributed by atoms with Crippen LogP contribution >= 0.6 is 11.8 Å². The molecule has 0 aliphatic heterocycles. The number of nitrogens with zero attached hydrogens (tertiary/aromatic N) is 2. The largest absolute Gasteiger partial charge is 0.398 e. The number of nitrogens with two attached hydrogens (primary N) is 2. The molecule has 0 atom stereocenters. The van der Waals surface area contributed by atoms with Crippen LogP contribution in [0.3, 0.4) is 0 Å². The van der Waals surface area contributed by atoms with E-state index in [-0.39, 0.29) is 5.56 Å². The number of hydrogen-bond acceptors (Lipinski definition) is 6. The third kappa shape index (κ3) is 2.36. The predicted octanol–water partition coefficient (Wildman–Crippen LogP) is 1.11. The first-order valence-corrected chi connectivity index (χ1v) is 7.37. The van der Waals surface area contributed by atoms with Crippen LogP contribution in [0.4, 0.5) is 11.5 Å². The van der Waals surface area contributed by atoms with Crippen LogP contribution in [0.15, 0.2) is 22.2 Å². The molecule has 3 rings (SSSR count). The van der Waals surface area contributed by atoms with Gasteiger partial charge in [0.05, 0.1) is 5.69 Å². The van der Waals surface area contributed by atoms with E-state index in [1.165, 1.54) is 11.8 Å². The van der Waals surface area contributed by atoms with E-state index >= 15 is 0 Å². The maximum absolute atomic E-state index is 11.9. The van der Waals surface area contributed by atoms with Gasteiger partial charge in [-0.25, -0.2) is 9.97 Å². The summed E-state index contributed by atoms with van der Waals surface area (Å²) in [4.78, 5) is 23.2. The number of H-pyrrole nitrogens is 1. The van der Waals surface area contributed by atoms with Gasteiger partial charge in [0.25, 0.3) is 5.56 Å². The summed E-state index contributed by atoms with van der Waals surface area (Å²) in [7, 11) is 0. The van der Waals surface area contributed by atoms with Crippen molar-refractivity contribution in [2.75, 3.05) is 11.5 Å². The number of pyridine rings is 1. The van der Waals surface area contributed by atoms with Gasteiger partial charge in [0.2, 0.25) is 0 Å². The molecule has 5 N–H and O–H groups in total. The minimum atomic E-state index is -0.0258. The quantitative estimate of drug-likeness (QED) is 0.576. The van der Waals surface area contributed by atoms with Gasteiger partial charge in [-0.2, -0.15) is 0 Å². The molecule has 1 aliphatic rings. The number of hydrogen-bond donors (Lipinski definition) is 3. The van der Waals surface area contributed by atoms with Gasteiger partial charge in [-0.15, -0.1) is 0 Å². The topological polar surface area (TPSA) is 111 Å². The molecule has 0 fully saturated rings. The fourth-order valence-corrected chi connectivity index (χ4v) is 3.24. The number of fused-ring (bicyclic) bond motifs is 1. The van der Waals surface area contributed by atoms with E-state index < -0.39 is 0 Å². The number of thioether (sulfide) groups is 1. The number of rotatable bonds is 3. The summed E-state index contributed by atoms with van der Waals surface area (Å²) in [6.07, 6.45) is 4.28. The predicted molar refractivity (Wildman–Crippen MR) is 79.5 cm³/mol. The lowest BCUT2D eigenvalue weighted by molar-refractivity contribution is 0.869. The van der Waals surface area contributed by atoms with Crippen LogP contribution in [0, 0.1) is 0 Å². The summed E-state index contributed by atoms with van der Waals surface area (Å²) in [5.74, 6) is 0.953. The van der Waals surface area contributed by atoms with E-state index in [0.717, 1.165) is 36.1 Å². The normalized spacial score (nSPS) is 13.4. The molecule has 0 saturated carbocycles. The second kappa shape index (κ2) is 5.16. The number of nitrogens with one attached hydrogen (secondary N) is 1. The van der Waals surface area contributed by atoms with Crippen LogP contribution in [0.5, 0.6) is 0 Å². The minimum Gasteiger partial charge on any atom is -0.398 e. The SMILES string of the molecule is Nc1ccnc(N)c1CSc1nc2c(c(=O)[nH]1)CCC2. The molecule has 6 nitrogen and oxygen atoms in total. The van der Waals surface area contributed by atoms with Crippen molar-refractivity contribution in [3.63, 3.8) is 0 Å². The third-order valence-electron chi connectivity index (χ3n) is 3.40. The third-order valence-corrected chi connectivity index (χ3v) is 4.30. The number of aryl methyl sites for hydroxylation is 1. The van der Waals surface area contributed by atoms with Gasteiger partial charge >= 0.3 is 0 Å². The first-order chi connectivity index (χ1) is 9.65. The highest BCUT2D eigenvalue weighted by Crippen LogP contribution is 2.26. The molecule has 2 aromatic heterocycles. The Morgan fingerprint density at radius 3 is 3.00 bits per heavy atom. The van der Waals surface area contributed by atoms with Gasteiger partial charge in [0, 0.05) is 28.8 Å². The Morgan fingerprint density at radius 1 is 1.35 bits per heavy atom. The first-order valence-electron chi connectivity index (χ1n) is 6.39. The maximum Gasteiger partial charge on any atom is 0.254 e. The maximum atomic E-state index is 11.9. The number of aromatic nitrogens is 3. The summed E-state index contributed by atoms with van der Waals surface area (Å²) >= 11 is 1.42. The fraction of sp³-hybridized carbons (Fsp3) is 0.308. The highest BCUT2D eigenvalue weighted by molar-refractivity contribution is 7.98. The Balaban J connectivity index is 1.83. The molecular weight excluding hydrogens is 274 g/mol. The summed E-state index contributed by atoms with van der Waals surface area (Å²) in [5.41, 5.74) is 14.8. The highest BCUT2D eigenvalue weighted by Gasteiger charge is 2.17. The number of anilines is 2. The first kappa shape index (κ1) is 13.0. The summed E-state index contributed by atoms with van der Waals surface area (Å²) in [6.45, 7) is 0.